The number of dihydropyridines is 1. The van der Waals surface area contributed by atoms with Crippen molar-refractivity contribution in [1.82, 2.24) is 5.32 Å². The lowest BCUT2D eigenvalue weighted by Gasteiger charge is -2.31. The van der Waals surface area contributed by atoms with Gasteiger partial charge in [0.15, 0.2) is 0 Å². The highest BCUT2D eigenvalue weighted by Gasteiger charge is 2.39. The van der Waals surface area contributed by atoms with Crippen LogP contribution in [0, 0.1) is 0 Å². The van der Waals surface area contributed by atoms with Crippen molar-refractivity contribution in [1.29, 1.82) is 0 Å². The molecule has 1 aromatic rings. The van der Waals surface area contributed by atoms with Crippen molar-refractivity contribution in [2.75, 3.05) is 32.1 Å². The van der Waals surface area contributed by atoms with Gasteiger partial charge in [-0.05, 0) is 19.9 Å². The van der Waals surface area contributed by atoms with E-state index in [0.29, 0.717) is 33.9 Å². The van der Waals surface area contributed by atoms with Gasteiger partial charge in [-0.3, -0.25) is 0 Å². The number of allylic oxidation sites excluding steroid dienone is 2. The molecule has 1 heterocycles. The number of rotatable bonds is 8. The summed E-state index contributed by atoms with van der Waals surface area (Å²) in [5, 5.41) is 3.08. The highest BCUT2D eigenvalue weighted by Crippen LogP contribution is 2.42. The predicted molar refractivity (Wildman–Crippen MR) is 108 cm³/mol. The fourth-order valence-electron chi connectivity index (χ4n) is 3.17. The van der Waals surface area contributed by atoms with Crippen molar-refractivity contribution in [3.8, 4) is 5.75 Å². The molecule has 0 bridgehead atoms. The highest BCUT2D eigenvalue weighted by atomic mass is 35.5. The molecule has 1 aliphatic heterocycles. The summed E-state index contributed by atoms with van der Waals surface area (Å²) in [5.41, 5.74) is 2.43. The molecule has 28 heavy (non-hydrogen) atoms. The summed E-state index contributed by atoms with van der Waals surface area (Å²) in [7, 11) is 1.53. The molecule has 1 N–H and O–H groups in total. The maximum Gasteiger partial charge on any atom is 0.336 e. The van der Waals surface area contributed by atoms with E-state index < -0.39 is 17.9 Å². The number of esters is 2. The van der Waals surface area contributed by atoms with Gasteiger partial charge in [0.1, 0.15) is 19.0 Å². The molecule has 1 aromatic carbocycles. The highest BCUT2D eigenvalue weighted by molar-refractivity contribution is 6.18. The second kappa shape index (κ2) is 10.4. The van der Waals surface area contributed by atoms with E-state index >= 15 is 0 Å². The molecule has 0 aromatic heterocycles. The van der Waals surface area contributed by atoms with E-state index in [1.165, 1.54) is 7.11 Å². The lowest BCUT2D eigenvalue weighted by atomic mass is 9.80. The first-order chi connectivity index (χ1) is 13.5. The average Bonchev–Trinajstić information content (AvgIpc) is 2.69. The van der Waals surface area contributed by atoms with Crippen LogP contribution >= 0.6 is 23.2 Å². The number of ether oxygens (including phenoxy) is 3. The summed E-state index contributed by atoms with van der Waals surface area (Å²) < 4.78 is 16.0. The standard InChI is InChI=1S/C20H23Cl2NO5/c1-12-16(19(24)27-10-8-21)18(14-6-4-5-7-15(14)26-3)17(13(2)23-12)20(25)28-11-9-22/h4-7,18,23H,8-11H2,1-3H3. The first-order valence-corrected chi connectivity index (χ1v) is 9.80. The van der Waals surface area contributed by atoms with E-state index in [9.17, 15) is 9.59 Å². The van der Waals surface area contributed by atoms with Gasteiger partial charge in [-0.25, -0.2) is 9.59 Å². The monoisotopic (exact) mass is 427 g/mol. The van der Waals surface area contributed by atoms with E-state index in [2.05, 4.69) is 5.32 Å². The Balaban J connectivity index is 2.62. The molecule has 6 nitrogen and oxygen atoms in total. The molecule has 0 spiro atoms. The van der Waals surface area contributed by atoms with E-state index in [0.717, 1.165) is 0 Å². The molecule has 0 unspecified atom stereocenters. The van der Waals surface area contributed by atoms with Crippen molar-refractivity contribution in [2.45, 2.75) is 19.8 Å². The van der Waals surface area contributed by atoms with Crippen molar-refractivity contribution in [3.05, 3.63) is 52.4 Å². The molecule has 2 rings (SSSR count). The largest absolute Gasteiger partial charge is 0.496 e. The van der Waals surface area contributed by atoms with Gasteiger partial charge in [0.05, 0.1) is 35.9 Å². The van der Waals surface area contributed by atoms with Crippen LogP contribution in [0.25, 0.3) is 0 Å². The molecular formula is C20H23Cl2NO5. The lowest BCUT2D eigenvalue weighted by Crippen LogP contribution is -2.33. The minimum absolute atomic E-state index is 0.0601. The molecule has 152 valence electrons. The van der Waals surface area contributed by atoms with E-state index in [-0.39, 0.29) is 25.0 Å². The smallest absolute Gasteiger partial charge is 0.336 e. The number of hydrogen-bond donors (Lipinski definition) is 1. The first kappa shape index (κ1) is 22.1. The molecule has 0 aliphatic carbocycles. The van der Waals surface area contributed by atoms with Crippen molar-refractivity contribution in [2.24, 2.45) is 0 Å². The van der Waals surface area contributed by atoms with E-state index in [1.807, 2.05) is 12.1 Å². The van der Waals surface area contributed by atoms with Gasteiger partial charge in [-0.1, -0.05) is 18.2 Å². The maximum absolute atomic E-state index is 12.8. The quantitative estimate of drug-likeness (QED) is 0.505. The first-order valence-electron chi connectivity index (χ1n) is 8.73. The van der Waals surface area contributed by atoms with Gasteiger partial charge in [0.25, 0.3) is 0 Å². The summed E-state index contributed by atoms with van der Waals surface area (Å²) >= 11 is 11.3. The van der Waals surface area contributed by atoms with Gasteiger partial charge in [-0.15, -0.1) is 23.2 Å². The van der Waals surface area contributed by atoms with Crippen LogP contribution in [0.15, 0.2) is 46.8 Å². The third kappa shape index (κ3) is 4.80. The molecule has 0 saturated heterocycles. The van der Waals surface area contributed by atoms with Gasteiger partial charge in [0.2, 0.25) is 0 Å². The van der Waals surface area contributed by atoms with Gasteiger partial charge < -0.3 is 19.5 Å². The zero-order valence-corrected chi connectivity index (χ0v) is 17.5. The Morgan fingerprint density at radius 3 is 1.93 bits per heavy atom. The number of nitrogens with one attached hydrogen (secondary N) is 1. The van der Waals surface area contributed by atoms with Crippen LogP contribution in [0.5, 0.6) is 5.75 Å². The lowest BCUT2D eigenvalue weighted by molar-refractivity contribution is -0.139. The third-order valence-electron chi connectivity index (χ3n) is 4.27. The van der Waals surface area contributed by atoms with Crippen LogP contribution in [-0.2, 0) is 19.1 Å². The number of methoxy groups -OCH3 is 1. The van der Waals surface area contributed by atoms with Crippen LogP contribution in [0.3, 0.4) is 0 Å². The summed E-state index contributed by atoms with van der Waals surface area (Å²) in [6.45, 7) is 3.63. The number of alkyl halides is 2. The topological polar surface area (TPSA) is 73.9 Å². The van der Waals surface area contributed by atoms with Crippen molar-refractivity contribution < 1.29 is 23.8 Å². The Bertz CT molecular complexity index is 762. The second-order valence-electron chi connectivity index (χ2n) is 6.03. The van der Waals surface area contributed by atoms with Gasteiger partial charge in [-0.2, -0.15) is 0 Å². The Morgan fingerprint density at radius 2 is 1.46 bits per heavy atom. The number of para-hydroxylation sites is 1. The average molecular weight is 428 g/mol. The SMILES string of the molecule is COc1ccccc1C1C(C(=O)OCCCl)=C(C)NC(C)=C1C(=O)OCCCl. The molecule has 1 aliphatic rings. The van der Waals surface area contributed by atoms with E-state index in [1.54, 1.807) is 26.0 Å². The number of hydrogen-bond acceptors (Lipinski definition) is 6. The Labute approximate surface area is 174 Å². The van der Waals surface area contributed by atoms with Crippen molar-refractivity contribution >= 4 is 35.1 Å². The Kier molecular flexibility index (Phi) is 8.20. The minimum Gasteiger partial charge on any atom is -0.496 e. The zero-order chi connectivity index (χ0) is 20.7. The molecule has 0 amide bonds. The summed E-state index contributed by atoms with van der Waals surface area (Å²) in [6, 6.07) is 7.20. The molecule has 0 saturated carbocycles. The molecule has 0 radical (unpaired) electrons. The minimum atomic E-state index is -0.719. The van der Waals surface area contributed by atoms with Crippen LogP contribution in [-0.4, -0.2) is 44.0 Å². The number of carbonyl (C=O) groups is 2. The second-order valence-corrected chi connectivity index (χ2v) is 6.78. The van der Waals surface area contributed by atoms with Crippen LogP contribution in [0.1, 0.15) is 25.3 Å². The summed E-state index contributed by atoms with van der Waals surface area (Å²) in [5.74, 6) is -0.953. The fourth-order valence-corrected chi connectivity index (χ4v) is 3.32. The van der Waals surface area contributed by atoms with Gasteiger partial charge >= 0.3 is 11.9 Å². The van der Waals surface area contributed by atoms with E-state index in [4.69, 9.17) is 37.4 Å². The molecular weight excluding hydrogens is 405 g/mol. The number of carbonyl (C=O) groups excluding carboxylic acids is 2. The molecule has 0 fully saturated rings. The number of benzene rings is 1. The number of halogens is 2. The van der Waals surface area contributed by atoms with Crippen LogP contribution < -0.4 is 10.1 Å². The maximum atomic E-state index is 12.8. The predicted octanol–water partition coefficient (Wildman–Crippen LogP) is 3.49. The fraction of sp³-hybridized carbons (Fsp3) is 0.400. The zero-order valence-electron chi connectivity index (χ0n) is 16.0. The van der Waals surface area contributed by atoms with Crippen molar-refractivity contribution in [3.63, 3.8) is 0 Å². The van der Waals surface area contributed by atoms with Gasteiger partial charge in [0, 0.05) is 17.0 Å². The van der Waals surface area contributed by atoms with Crippen LogP contribution in [0.2, 0.25) is 0 Å². The summed E-state index contributed by atoms with van der Waals surface area (Å²) in [4.78, 5) is 25.6. The van der Waals surface area contributed by atoms with Crippen LogP contribution in [0.4, 0.5) is 0 Å². The Morgan fingerprint density at radius 1 is 0.964 bits per heavy atom. The third-order valence-corrected chi connectivity index (χ3v) is 4.58. The molecule has 8 heteroatoms. The molecule has 0 atom stereocenters. The Hall–Kier alpha value is -2.18. The summed E-state index contributed by atoms with van der Waals surface area (Å²) in [6.07, 6.45) is 0. The normalized spacial score (nSPS) is 14.6.